The van der Waals surface area contributed by atoms with Gasteiger partial charge < -0.3 is 19.5 Å². The number of nitrogens with one attached hydrogen (secondary N) is 1. The molecule has 1 amide bonds. The lowest BCUT2D eigenvalue weighted by atomic mass is 10.2. The molecule has 4 rings (SSSR count). The highest BCUT2D eigenvalue weighted by molar-refractivity contribution is 7.17. The zero-order chi connectivity index (χ0) is 22.7. The number of benzene rings is 2. The summed E-state index contributed by atoms with van der Waals surface area (Å²) in [5.74, 6) is 2.43. The van der Waals surface area contributed by atoms with E-state index in [0.717, 1.165) is 26.8 Å². The number of amides is 1. The van der Waals surface area contributed by atoms with Gasteiger partial charge in [0.05, 0.1) is 27.0 Å². The van der Waals surface area contributed by atoms with Crippen molar-refractivity contribution in [1.82, 2.24) is 19.9 Å². The standard InChI is InChI=1S/C23H24N4O4S/c1-14-20(9-10-24-22(28)16-11-18(30-3)13-19(12-16)31-4)32-23-25-21(26-27(14)23)15-5-7-17(29-2)8-6-15/h5-8,11-13H,9-10H2,1-4H3,(H,24,28). The number of fused-ring (bicyclic) bond motifs is 1. The lowest BCUT2D eigenvalue weighted by Gasteiger charge is -2.09. The zero-order valence-electron chi connectivity index (χ0n) is 18.3. The summed E-state index contributed by atoms with van der Waals surface area (Å²) in [6.45, 7) is 2.51. The molecule has 0 aliphatic heterocycles. The van der Waals surface area contributed by atoms with Crippen LogP contribution in [0.15, 0.2) is 42.5 Å². The second-order valence-electron chi connectivity index (χ2n) is 7.08. The van der Waals surface area contributed by atoms with Gasteiger partial charge in [-0.05, 0) is 43.3 Å². The third kappa shape index (κ3) is 4.38. The van der Waals surface area contributed by atoms with Gasteiger partial charge in [-0.3, -0.25) is 4.79 Å². The van der Waals surface area contributed by atoms with Crippen LogP contribution in [0.4, 0.5) is 0 Å². The summed E-state index contributed by atoms with van der Waals surface area (Å²) < 4.78 is 17.5. The quantitative estimate of drug-likeness (QED) is 0.438. The molecule has 0 bridgehead atoms. The molecule has 1 N–H and O–H groups in total. The highest BCUT2D eigenvalue weighted by Crippen LogP contribution is 2.26. The maximum atomic E-state index is 12.6. The van der Waals surface area contributed by atoms with Crippen molar-refractivity contribution in [3.8, 4) is 28.6 Å². The van der Waals surface area contributed by atoms with Gasteiger partial charge in [0.2, 0.25) is 4.96 Å². The summed E-state index contributed by atoms with van der Waals surface area (Å²) in [5.41, 5.74) is 2.45. The minimum Gasteiger partial charge on any atom is -0.497 e. The lowest BCUT2D eigenvalue weighted by molar-refractivity contribution is 0.0953. The number of carbonyl (C=O) groups is 1. The van der Waals surface area contributed by atoms with Gasteiger partial charge in [-0.25, -0.2) is 4.52 Å². The number of aryl methyl sites for hydroxylation is 1. The molecule has 2 aromatic heterocycles. The molecule has 8 nitrogen and oxygen atoms in total. The maximum Gasteiger partial charge on any atom is 0.251 e. The average Bonchev–Trinajstić information content (AvgIpc) is 3.37. The lowest BCUT2D eigenvalue weighted by Crippen LogP contribution is -2.25. The summed E-state index contributed by atoms with van der Waals surface area (Å²) in [5, 5.41) is 7.60. The van der Waals surface area contributed by atoms with Crippen molar-refractivity contribution in [2.75, 3.05) is 27.9 Å². The molecular weight excluding hydrogens is 428 g/mol. The van der Waals surface area contributed by atoms with E-state index in [1.54, 1.807) is 50.9 Å². The molecule has 166 valence electrons. The van der Waals surface area contributed by atoms with Crippen LogP contribution >= 0.6 is 11.3 Å². The summed E-state index contributed by atoms with van der Waals surface area (Å²) in [7, 11) is 4.75. The molecule has 4 aromatic rings. The first-order chi connectivity index (χ1) is 15.5. The van der Waals surface area contributed by atoms with E-state index in [4.69, 9.17) is 14.2 Å². The predicted octanol–water partition coefficient (Wildman–Crippen LogP) is 3.76. The minimum absolute atomic E-state index is 0.180. The largest absolute Gasteiger partial charge is 0.497 e. The van der Waals surface area contributed by atoms with Gasteiger partial charge in [0.1, 0.15) is 17.2 Å². The van der Waals surface area contributed by atoms with Crippen LogP contribution < -0.4 is 19.5 Å². The van der Waals surface area contributed by atoms with Crippen LogP contribution in [0.3, 0.4) is 0 Å². The van der Waals surface area contributed by atoms with Crippen LogP contribution in [0, 0.1) is 6.92 Å². The Hall–Kier alpha value is -3.59. The van der Waals surface area contributed by atoms with E-state index in [-0.39, 0.29) is 5.91 Å². The van der Waals surface area contributed by atoms with Crippen LogP contribution in [-0.4, -0.2) is 48.4 Å². The smallest absolute Gasteiger partial charge is 0.251 e. The fourth-order valence-electron chi connectivity index (χ4n) is 3.31. The molecule has 0 saturated heterocycles. The molecule has 0 saturated carbocycles. The summed E-state index contributed by atoms with van der Waals surface area (Å²) in [6, 6.07) is 12.8. The van der Waals surface area contributed by atoms with Gasteiger partial charge in [-0.1, -0.05) is 11.3 Å². The van der Waals surface area contributed by atoms with Gasteiger partial charge in [0.25, 0.3) is 5.91 Å². The molecule has 0 fully saturated rings. The zero-order valence-corrected chi connectivity index (χ0v) is 19.2. The van der Waals surface area contributed by atoms with Gasteiger partial charge >= 0.3 is 0 Å². The Kier molecular flexibility index (Phi) is 6.27. The third-order valence-corrected chi connectivity index (χ3v) is 6.31. The Balaban J connectivity index is 1.43. The van der Waals surface area contributed by atoms with E-state index in [1.807, 2.05) is 35.7 Å². The van der Waals surface area contributed by atoms with Gasteiger partial charge in [0, 0.05) is 35.0 Å². The fraction of sp³-hybridized carbons (Fsp3) is 0.261. The summed E-state index contributed by atoms with van der Waals surface area (Å²) >= 11 is 1.58. The Labute approximate surface area is 189 Å². The average molecular weight is 453 g/mol. The van der Waals surface area contributed by atoms with Crippen molar-refractivity contribution in [2.24, 2.45) is 0 Å². The molecular formula is C23H24N4O4S. The van der Waals surface area contributed by atoms with E-state index in [1.165, 1.54) is 0 Å². The number of ether oxygens (including phenoxy) is 3. The molecule has 0 spiro atoms. The Morgan fingerprint density at radius 1 is 1.00 bits per heavy atom. The summed E-state index contributed by atoms with van der Waals surface area (Å²) in [4.78, 5) is 19.2. The monoisotopic (exact) mass is 452 g/mol. The number of carbonyl (C=O) groups excluding carboxylic acids is 1. The molecule has 0 unspecified atom stereocenters. The van der Waals surface area contributed by atoms with Crippen molar-refractivity contribution >= 4 is 22.2 Å². The fourth-order valence-corrected chi connectivity index (χ4v) is 4.36. The highest BCUT2D eigenvalue weighted by Gasteiger charge is 2.15. The minimum atomic E-state index is -0.180. The normalized spacial score (nSPS) is 10.9. The molecule has 2 aromatic carbocycles. The van der Waals surface area contributed by atoms with Crippen LogP contribution in [0.2, 0.25) is 0 Å². The second-order valence-corrected chi connectivity index (χ2v) is 8.14. The first-order valence-corrected chi connectivity index (χ1v) is 10.8. The molecule has 0 radical (unpaired) electrons. The van der Waals surface area contributed by atoms with Crippen molar-refractivity contribution in [1.29, 1.82) is 0 Å². The SMILES string of the molecule is COc1ccc(-c2nc3sc(CCNC(=O)c4cc(OC)cc(OC)c4)c(C)n3n2)cc1. The van der Waals surface area contributed by atoms with Crippen molar-refractivity contribution in [2.45, 2.75) is 13.3 Å². The van der Waals surface area contributed by atoms with Crippen molar-refractivity contribution < 1.29 is 19.0 Å². The summed E-state index contributed by atoms with van der Waals surface area (Å²) in [6.07, 6.45) is 0.687. The van der Waals surface area contributed by atoms with Crippen molar-refractivity contribution in [3.63, 3.8) is 0 Å². The van der Waals surface area contributed by atoms with Crippen LogP contribution in [0.25, 0.3) is 16.3 Å². The van der Waals surface area contributed by atoms with Crippen LogP contribution in [0.5, 0.6) is 17.2 Å². The van der Waals surface area contributed by atoms with Gasteiger partial charge in [-0.2, -0.15) is 4.98 Å². The molecule has 0 aliphatic carbocycles. The van der Waals surface area contributed by atoms with E-state index in [2.05, 4.69) is 15.4 Å². The van der Waals surface area contributed by atoms with Crippen LogP contribution in [0.1, 0.15) is 20.9 Å². The third-order valence-electron chi connectivity index (χ3n) is 5.11. The number of aromatic nitrogens is 3. The molecule has 32 heavy (non-hydrogen) atoms. The number of hydrogen-bond acceptors (Lipinski definition) is 7. The number of hydrogen-bond donors (Lipinski definition) is 1. The van der Waals surface area contributed by atoms with E-state index >= 15 is 0 Å². The number of methoxy groups -OCH3 is 3. The molecule has 9 heteroatoms. The number of rotatable bonds is 8. The first kappa shape index (κ1) is 21.6. The van der Waals surface area contributed by atoms with Gasteiger partial charge in [0.15, 0.2) is 5.82 Å². The Bertz CT molecular complexity index is 1220. The van der Waals surface area contributed by atoms with E-state index < -0.39 is 0 Å². The maximum absolute atomic E-state index is 12.6. The predicted molar refractivity (Wildman–Crippen MR) is 123 cm³/mol. The van der Waals surface area contributed by atoms with Gasteiger partial charge in [-0.15, -0.1) is 5.10 Å². The Morgan fingerprint density at radius 2 is 1.66 bits per heavy atom. The van der Waals surface area contributed by atoms with E-state index in [9.17, 15) is 4.79 Å². The number of nitrogens with zero attached hydrogens (tertiary/aromatic N) is 3. The van der Waals surface area contributed by atoms with E-state index in [0.29, 0.717) is 35.9 Å². The molecule has 0 atom stereocenters. The number of thiazole rings is 1. The highest BCUT2D eigenvalue weighted by atomic mass is 32.1. The van der Waals surface area contributed by atoms with Crippen molar-refractivity contribution in [3.05, 3.63) is 58.6 Å². The Morgan fingerprint density at radius 3 is 2.25 bits per heavy atom. The van der Waals surface area contributed by atoms with Crippen LogP contribution in [-0.2, 0) is 6.42 Å². The molecule has 0 aliphatic rings. The topological polar surface area (TPSA) is 87.0 Å². The second kappa shape index (κ2) is 9.27. The first-order valence-electron chi connectivity index (χ1n) is 10.0. The molecule has 2 heterocycles.